The Morgan fingerprint density at radius 3 is 2.83 bits per heavy atom. The minimum atomic E-state index is -0.628. The minimum Gasteiger partial charge on any atom is -0.497 e. The first kappa shape index (κ1) is 18.5. The zero-order valence-electron chi connectivity index (χ0n) is 13.9. The van der Waals surface area contributed by atoms with E-state index in [1.54, 1.807) is 7.11 Å². The average Bonchev–Trinajstić information content (AvgIpc) is 2.56. The molecule has 1 aromatic rings. The molecule has 24 heavy (non-hydrogen) atoms. The molecule has 1 aliphatic carbocycles. The molecule has 1 unspecified atom stereocenters. The van der Waals surface area contributed by atoms with Crippen molar-refractivity contribution < 1.29 is 19.1 Å². The smallest absolute Gasteiger partial charge is 0.317 e. The Labute approximate surface area is 148 Å². The van der Waals surface area contributed by atoms with Crippen molar-refractivity contribution in [2.75, 3.05) is 33.9 Å². The molecule has 0 spiro atoms. The van der Waals surface area contributed by atoms with Crippen LogP contribution in [0.1, 0.15) is 24.0 Å². The van der Waals surface area contributed by atoms with Crippen LogP contribution in [0.2, 0.25) is 0 Å². The van der Waals surface area contributed by atoms with Gasteiger partial charge in [0.15, 0.2) is 0 Å². The first-order valence-corrected chi connectivity index (χ1v) is 7.84. The molecular formula is C18H22ClNO4. The predicted octanol–water partition coefficient (Wildman–Crippen LogP) is 2.43. The number of esters is 1. The van der Waals surface area contributed by atoms with Crippen molar-refractivity contribution in [1.29, 1.82) is 0 Å². The molecule has 0 bridgehead atoms. The lowest BCUT2D eigenvalue weighted by Gasteiger charge is -2.31. The number of ketones is 1. The number of carbonyl (C=O) groups is 2. The van der Waals surface area contributed by atoms with E-state index in [0.717, 1.165) is 18.7 Å². The number of ether oxygens (including phenoxy) is 2. The molecule has 0 amide bonds. The summed E-state index contributed by atoms with van der Waals surface area (Å²) in [6.07, 6.45) is 3.51. The summed E-state index contributed by atoms with van der Waals surface area (Å²) in [4.78, 5) is 25.7. The van der Waals surface area contributed by atoms with Crippen molar-refractivity contribution in [3.8, 4) is 5.75 Å². The SMILES string of the molecule is COC(=O)C1CN(CCC2=Cc3ccc(OC)cc32)CCC1=O.Cl. The second kappa shape index (κ2) is 7.81. The number of carbonyl (C=O) groups excluding carboxylic acids is 2. The van der Waals surface area contributed by atoms with E-state index in [4.69, 9.17) is 9.47 Å². The van der Waals surface area contributed by atoms with Gasteiger partial charge in [0.2, 0.25) is 0 Å². The molecule has 1 fully saturated rings. The van der Waals surface area contributed by atoms with Gasteiger partial charge in [0.1, 0.15) is 17.5 Å². The number of Topliss-reactive ketones (excluding diaryl/α,β-unsaturated/α-hetero) is 1. The highest BCUT2D eigenvalue weighted by Crippen LogP contribution is 2.37. The van der Waals surface area contributed by atoms with E-state index in [1.807, 2.05) is 6.07 Å². The predicted molar refractivity (Wildman–Crippen MR) is 94.3 cm³/mol. The quantitative estimate of drug-likeness (QED) is 0.602. The van der Waals surface area contributed by atoms with Gasteiger partial charge in [-0.1, -0.05) is 12.1 Å². The third kappa shape index (κ3) is 3.62. The molecule has 5 nitrogen and oxygen atoms in total. The molecule has 3 rings (SSSR count). The van der Waals surface area contributed by atoms with Crippen molar-refractivity contribution in [2.24, 2.45) is 5.92 Å². The third-order valence-electron chi connectivity index (χ3n) is 4.62. The van der Waals surface area contributed by atoms with Crippen LogP contribution in [0.3, 0.4) is 0 Å². The van der Waals surface area contributed by atoms with Gasteiger partial charge in [-0.25, -0.2) is 0 Å². The summed E-state index contributed by atoms with van der Waals surface area (Å²) < 4.78 is 9.99. The van der Waals surface area contributed by atoms with Crippen LogP contribution in [0.5, 0.6) is 5.75 Å². The number of nitrogens with zero attached hydrogens (tertiary/aromatic N) is 1. The number of fused-ring (bicyclic) bond motifs is 1. The van der Waals surface area contributed by atoms with Crippen LogP contribution in [0.4, 0.5) is 0 Å². The Morgan fingerprint density at radius 2 is 2.12 bits per heavy atom. The molecule has 1 aliphatic heterocycles. The summed E-state index contributed by atoms with van der Waals surface area (Å²) in [5.41, 5.74) is 3.77. The fourth-order valence-electron chi connectivity index (χ4n) is 3.18. The Kier molecular flexibility index (Phi) is 6.02. The highest BCUT2D eigenvalue weighted by atomic mass is 35.5. The molecule has 1 heterocycles. The van der Waals surface area contributed by atoms with Crippen molar-refractivity contribution in [3.05, 3.63) is 29.3 Å². The summed E-state index contributed by atoms with van der Waals surface area (Å²) in [5, 5.41) is 0. The lowest BCUT2D eigenvalue weighted by molar-refractivity contribution is -0.151. The van der Waals surface area contributed by atoms with Crippen LogP contribution in [-0.2, 0) is 14.3 Å². The second-order valence-corrected chi connectivity index (χ2v) is 5.97. The maximum absolute atomic E-state index is 11.8. The third-order valence-corrected chi connectivity index (χ3v) is 4.62. The van der Waals surface area contributed by atoms with Gasteiger partial charge in [0.05, 0.1) is 14.2 Å². The number of benzene rings is 1. The number of piperidine rings is 1. The van der Waals surface area contributed by atoms with Gasteiger partial charge < -0.3 is 14.4 Å². The molecular weight excluding hydrogens is 330 g/mol. The normalized spacial score (nSPS) is 19.5. The maximum atomic E-state index is 11.8. The number of halogens is 1. The van der Waals surface area contributed by atoms with Gasteiger partial charge in [-0.05, 0) is 35.3 Å². The number of hydrogen-bond donors (Lipinski definition) is 0. The fraction of sp³-hybridized carbons (Fsp3) is 0.444. The number of likely N-dealkylation sites (tertiary alicyclic amines) is 1. The van der Waals surface area contributed by atoms with E-state index in [2.05, 4.69) is 23.1 Å². The lowest BCUT2D eigenvalue weighted by atomic mass is 9.86. The van der Waals surface area contributed by atoms with Crippen molar-refractivity contribution in [1.82, 2.24) is 4.90 Å². The Hall–Kier alpha value is -1.85. The Balaban J connectivity index is 0.00000208. The van der Waals surface area contributed by atoms with E-state index in [9.17, 15) is 9.59 Å². The number of methoxy groups -OCH3 is 2. The fourth-order valence-corrected chi connectivity index (χ4v) is 3.18. The first-order chi connectivity index (χ1) is 11.1. The lowest BCUT2D eigenvalue weighted by Crippen LogP contribution is -2.45. The Morgan fingerprint density at radius 1 is 1.33 bits per heavy atom. The van der Waals surface area contributed by atoms with Crippen molar-refractivity contribution in [3.63, 3.8) is 0 Å². The average molecular weight is 352 g/mol. The molecule has 130 valence electrons. The van der Waals surface area contributed by atoms with E-state index in [0.29, 0.717) is 19.5 Å². The van der Waals surface area contributed by atoms with Crippen LogP contribution in [0.15, 0.2) is 18.2 Å². The summed E-state index contributed by atoms with van der Waals surface area (Å²) in [6.45, 7) is 2.01. The molecule has 0 radical (unpaired) electrons. The first-order valence-electron chi connectivity index (χ1n) is 7.84. The Bertz CT molecular complexity index is 663. The summed E-state index contributed by atoms with van der Waals surface area (Å²) in [6, 6.07) is 6.08. The van der Waals surface area contributed by atoms with Crippen molar-refractivity contribution in [2.45, 2.75) is 12.8 Å². The van der Waals surface area contributed by atoms with Gasteiger partial charge in [0.25, 0.3) is 0 Å². The van der Waals surface area contributed by atoms with E-state index < -0.39 is 11.9 Å². The van der Waals surface area contributed by atoms with E-state index >= 15 is 0 Å². The van der Waals surface area contributed by atoms with Crippen LogP contribution < -0.4 is 4.74 Å². The molecule has 0 aromatic heterocycles. The van der Waals surface area contributed by atoms with Gasteiger partial charge in [-0.2, -0.15) is 0 Å². The summed E-state index contributed by atoms with van der Waals surface area (Å²) in [5.74, 6) is -0.191. The highest BCUT2D eigenvalue weighted by Gasteiger charge is 2.33. The molecule has 2 aliphatic rings. The molecule has 1 aromatic carbocycles. The summed E-state index contributed by atoms with van der Waals surface area (Å²) >= 11 is 0. The topological polar surface area (TPSA) is 55.8 Å². The molecule has 1 saturated heterocycles. The van der Waals surface area contributed by atoms with Crippen molar-refractivity contribution >= 4 is 35.8 Å². The molecule has 0 N–H and O–H groups in total. The zero-order valence-corrected chi connectivity index (χ0v) is 14.7. The zero-order chi connectivity index (χ0) is 16.4. The van der Waals surface area contributed by atoms with Crippen LogP contribution in [-0.4, -0.2) is 50.5 Å². The van der Waals surface area contributed by atoms with Crippen LogP contribution >= 0.6 is 12.4 Å². The van der Waals surface area contributed by atoms with Gasteiger partial charge in [-0.15, -0.1) is 12.4 Å². The second-order valence-electron chi connectivity index (χ2n) is 5.97. The standard InChI is InChI=1S/C18H21NO4.ClH/c1-22-14-4-3-12-9-13(15(12)10-14)5-7-19-8-6-17(20)16(11-19)18(21)23-2;/h3-4,9-10,16H,5-8,11H2,1-2H3;1H. The summed E-state index contributed by atoms with van der Waals surface area (Å²) in [7, 11) is 3.00. The number of rotatable bonds is 5. The van der Waals surface area contributed by atoms with Gasteiger partial charge >= 0.3 is 5.97 Å². The van der Waals surface area contributed by atoms with Gasteiger partial charge in [-0.3, -0.25) is 9.59 Å². The largest absolute Gasteiger partial charge is 0.497 e. The minimum absolute atomic E-state index is 0. The monoisotopic (exact) mass is 351 g/mol. The van der Waals surface area contributed by atoms with Crippen LogP contribution in [0, 0.1) is 5.92 Å². The highest BCUT2D eigenvalue weighted by molar-refractivity contribution is 6.00. The molecule has 0 saturated carbocycles. The maximum Gasteiger partial charge on any atom is 0.317 e. The number of hydrogen-bond acceptors (Lipinski definition) is 5. The van der Waals surface area contributed by atoms with Crippen LogP contribution in [0.25, 0.3) is 11.6 Å². The van der Waals surface area contributed by atoms with Gasteiger partial charge in [0, 0.05) is 26.1 Å². The van der Waals surface area contributed by atoms with E-state index in [1.165, 1.54) is 23.8 Å². The molecule has 6 heteroatoms. The molecule has 1 atom stereocenters. The van der Waals surface area contributed by atoms with E-state index in [-0.39, 0.29) is 18.2 Å².